The summed E-state index contributed by atoms with van der Waals surface area (Å²) in [6.45, 7) is 0. The molecule has 12 rings (SSSR count). The molecule has 5 nitrogen and oxygen atoms in total. The van der Waals surface area contributed by atoms with Crippen molar-refractivity contribution < 1.29 is 4.42 Å². The van der Waals surface area contributed by atoms with Gasteiger partial charge in [0.2, 0.25) is 0 Å². The fourth-order valence-corrected chi connectivity index (χ4v) is 10.00. The molecule has 0 radical (unpaired) electrons. The van der Waals surface area contributed by atoms with Crippen LogP contribution in [0, 0.1) is 0 Å². The normalized spacial score (nSPS) is 14.5. The monoisotopic (exact) mass is 748 g/mol. The summed E-state index contributed by atoms with van der Waals surface area (Å²) in [5.41, 5.74) is 10.7. The Balaban J connectivity index is 0.970. The van der Waals surface area contributed by atoms with E-state index in [1.165, 1.54) is 47.5 Å². The molecule has 1 aliphatic heterocycles. The first-order valence-electron chi connectivity index (χ1n) is 19.2. The maximum Gasteiger partial charge on any atom is 0.159 e. The van der Waals surface area contributed by atoms with E-state index in [-0.39, 0.29) is 6.17 Å². The van der Waals surface area contributed by atoms with Gasteiger partial charge in [-0.05, 0) is 47.5 Å². The number of hydrogen-bond acceptors (Lipinski definition) is 5. The highest BCUT2D eigenvalue weighted by Crippen LogP contribution is 2.44. The van der Waals surface area contributed by atoms with Crippen LogP contribution in [0.4, 0.5) is 0 Å². The second kappa shape index (κ2) is 12.6. The van der Waals surface area contributed by atoms with E-state index in [0.717, 1.165) is 61.6 Å². The first-order valence-corrected chi connectivity index (χ1v) is 20.0. The highest BCUT2D eigenvalue weighted by atomic mass is 32.1. The van der Waals surface area contributed by atoms with Gasteiger partial charge in [0, 0.05) is 70.2 Å². The number of aromatic nitrogens is 1. The molecule has 268 valence electrons. The largest absolute Gasteiger partial charge is 0.456 e. The molecule has 0 spiro atoms. The van der Waals surface area contributed by atoms with Crippen LogP contribution in [0.25, 0.3) is 80.7 Å². The zero-order chi connectivity index (χ0) is 37.5. The summed E-state index contributed by atoms with van der Waals surface area (Å²) in [6, 6.07) is 64.3. The Bertz CT molecular complexity index is 3390. The summed E-state index contributed by atoms with van der Waals surface area (Å²) in [7, 11) is 0. The Morgan fingerprint density at radius 2 is 1.16 bits per heavy atom. The van der Waals surface area contributed by atoms with E-state index in [1.54, 1.807) is 0 Å². The third-order valence-corrected chi connectivity index (χ3v) is 12.6. The van der Waals surface area contributed by atoms with Crippen molar-refractivity contribution in [3.05, 3.63) is 199 Å². The molecule has 0 bridgehead atoms. The van der Waals surface area contributed by atoms with Crippen LogP contribution in [0.1, 0.15) is 22.9 Å². The van der Waals surface area contributed by atoms with Crippen LogP contribution >= 0.6 is 11.3 Å². The molecule has 3 aromatic heterocycles. The fraction of sp³-hybridized carbons (Fsp3) is 0.0196. The number of amidine groups is 2. The van der Waals surface area contributed by atoms with Gasteiger partial charge in [0.25, 0.3) is 0 Å². The summed E-state index contributed by atoms with van der Waals surface area (Å²) in [5, 5.41) is 10.9. The summed E-state index contributed by atoms with van der Waals surface area (Å²) in [6.07, 6.45) is -0.311. The summed E-state index contributed by atoms with van der Waals surface area (Å²) < 4.78 is 11.4. The molecule has 0 aliphatic carbocycles. The molecule has 0 fully saturated rings. The van der Waals surface area contributed by atoms with Crippen molar-refractivity contribution in [2.75, 3.05) is 0 Å². The van der Waals surface area contributed by atoms with Crippen LogP contribution in [0.5, 0.6) is 0 Å². The van der Waals surface area contributed by atoms with Crippen molar-refractivity contribution in [1.29, 1.82) is 0 Å². The molecule has 0 amide bonds. The van der Waals surface area contributed by atoms with Gasteiger partial charge in [-0.25, -0.2) is 9.98 Å². The number of benzene rings is 8. The van der Waals surface area contributed by atoms with Gasteiger partial charge >= 0.3 is 0 Å². The predicted octanol–water partition coefficient (Wildman–Crippen LogP) is 13.2. The quantitative estimate of drug-likeness (QED) is 0.191. The summed E-state index contributed by atoms with van der Waals surface area (Å²) >= 11 is 1.84. The number of fused-ring (bicyclic) bond motifs is 9. The average Bonchev–Trinajstić information content (AvgIpc) is 3.96. The van der Waals surface area contributed by atoms with Gasteiger partial charge in [-0.3, -0.25) is 0 Å². The van der Waals surface area contributed by atoms with Crippen LogP contribution in [-0.4, -0.2) is 16.2 Å². The Morgan fingerprint density at radius 1 is 0.491 bits per heavy atom. The molecular formula is C51H32N4OS. The van der Waals surface area contributed by atoms with E-state index in [1.807, 2.05) is 47.7 Å². The molecule has 1 N–H and O–H groups in total. The molecular weight excluding hydrogens is 717 g/mol. The average molecular weight is 749 g/mol. The zero-order valence-electron chi connectivity index (χ0n) is 30.6. The smallest absolute Gasteiger partial charge is 0.159 e. The lowest BCUT2D eigenvalue weighted by molar-refractivity contribution is 0.668. The highest BCUT2D eigenvalue weighted by Gasteiger charge is 2.24. The Labute approximate surface area is 331 Å². The van der Waals surface area contributed by atoms with E-state index in [4.69, 9.17) is 14.4 Å². The Kier molecular flexibility index (Phi) is 7.09. The van der Waals surface area contributed by atoms with Crippen molar-refractivity contribution in [2.24, 2.45) is 9.98 Å². The van der Waals surface area contributed by atoms with E-state index in [9.17, 15) is 0 Å². The third kappa shape index (κ3) is 5.08. The molecule has 0 saturated carbocycles. The number of para-hydroxylation sites is 2. The van der Waals surface area contributed by atoms with Gasteiger partial charge < -0.3 is 14.3 Å². The van der Waals surface area contributed by atoms with Crippen LogP contribution < -0.4 is 5.32 Å². The van der Waals surface area contributed by atoms with E-state index >= 15 is 0 Å². The number of rotatable bonds is 5. The van der Waals surface area contributed by atoms with E-state index in [2.05, 4.69) is 155 Å². The topological polar surface area (TPSA) is 54.8 Å². The SMILES string of the molecule is c1ccc(C2=NC(c3cccc4c3sc3c(-c5ccc6oc7cc(-n8c9ccccc9c9ccccc98)ccc7c6c5)cccc34)NC(c3ccccc3)=N2)cc1. The fourth-order valence-electron chi connectivity index (χ4n) is 8.63. The second-order valence-corrected chi connectivity index (χ2v) is 15.6. The molecule has 6 heteroatoms. The lowest BCUT2D eigenvalue weighted by Gasteiger charge is -2.24. The van der Waals surface area contributed by atoms with E-state index in [0.29, 0.717) is 0 Å². The number of nitrogens with zero attached hydrogens (tertiary/aromatic N) is 3. The van der Waals surface area contributed by atoms with E-state index < -0.39 is 0 Å². The van der Waals surface area contributed by atoms with Gasteiger partial charge in [-0.2, -0.15) is 0 Å². The number of nitrogens with one attached hydrogen (secondary N) is 1. The Morgan fingerprint density at radius 3 is 1.93 bits per heavy atom. The van der Waals surface area contributed by atoms with Gasteiger partial charge in [0.15, 0.2) is 5.84 Å². The van der Waals surface area contributed by atoms with Crippen molar-refractivity contribution in [1.82, 2.24) is 9.88 Å². The van der Waals surface area contributed by atoms with Crippen LogP contribution in [0.15, 0.2) is 196 Å². The maximum absolute atomic E-state index is 6.57. The van der Waals surface area contributed by atoms with Crippen LogP contribution in [-0.2, 0) is 0 Å². The standard InChI is InChI=1S/C51H32N4OS/c1-3-13-31(14-4-1)49-52-50(32-15-5-2-6-16-32)54-51(53-49)41-22-12-21-40-39-20-11-19-35(47(39)57-48(40)41)33-25-28-45-42(29-33)38-27-26-34(30-46(38)56-45)55-43-23-9-7-17-36(43)37-18-8-10-24-44(37)55/h1-30,51H,(H,52,53,54). The molecule has 11 aromatic rings. The van der Waals surface area contributed by atoms with Gasteiger partial charge in [0.1, 0.15) is 23.2 Å². The number of thiophene rings is 1. The van der Waals surface area contributed by atoms with Gasteiger partial charge in [-0.15, -0.1) is 11.3 Å². The van der Waals surface area contributed by atoms with Crippen molar-refractivity contribution in [3.63, 3.8) is 0 Å². The summed E-state index contributed by atoms with van der Waals surface area (Å²) in [5.74, 6) is 1.54. The first-order chi connectivity index (χ1) is 28.2. The molecule has 57 heavy (non-hydrogen) atoms. The lowest BCUT2D eigenvalue weighted by Crippen LogP contribution is -2.33. The minimum Gasteiger partial charge on any atom is -0.456 e. The van der Waals surface area contributed by atoms with Crippen molar-refractivity contribution in [3.8, 4) is 16.8 Å². The molecule has 1 atom stereocenters. The summed E-state index contributed by atoms with van der Waals surface area (Å²) in [4.78, 5) is 10.2. The minimum atomic E-state index is -0.311. The third-order valence-electron chi connectivity index (χ3n) is 11.3. The van der Waals surface area contributed by atoms with Crippen LogP contribution in [0.3, 0.4) is 0 Å². The zero-order valence-corrected chi connectivity index (χ0v) is 31.4. The first kappa shape index (κ1) is 32.0. The second-order valence-electron chi connectivity index (χ2n) is 14.6. The molecule has 1 unspecified atom stereocenters. The van der Waals surface area contributed by atoms with Gasteiger partial charge in [0.05, 0.1) is 11.0 Å². The number of aliphatic imine (C=N–C) groups is 2. The van der Waals surface area contributed by atoms with Gasteiger partial charge in [-0.1, -0.05) is 140 Å². The predicted molar refractivity (Wildman–Crippen MR) is 238 cm³/mol. The van der Waals surface area contributed by atoms with Crippen molar-refractivity contribution >= 4 is 86.9 Å². The number of hydrogen-bond donors (Lipinski definition) is 1. The highest BCUT2D eigenvalue weighted by molar-refractivity contribution is 7.26. The maximum atomic E-state index is 6.57. The molecule has 8 aromatic carbocycles. The number of furan rings is 1. The van der Waals surface area contributed by atoms with Crippen LogP contribution in [0.2, 0.25) is 0 Å². The molecule has 4 heterocycles. The molecule has 1 aliphatic rings. The Hall–Kier alpha value is -7.28. The molecule has 0 saturated heterocycles. The lowest BCUT2D eigenvalue weighted by atomic mass is 10.00. The minimum absolute atomic E-state index is 0.311. The van der Waals surface area contributed by atoms with Crippen molar-refractivity contribution in [2.45, 2.75) is 6.17 Å².